The van der Waals surface area contributed by atoms with Crippen molar-refractivity contribution in [1.82, 2.24) is 25.8 Å². The molecule has 10 heteroatoms. The second-order valence-electron chi connectivity index (χ2n) is 7.16. The zero-order valence-electron chi connectivity index (χ0n) is 16.8. The minimum Gasteiger partial charge on any atom is -0.453 e. The van der Waals surface area contributed by atoms with Gasteiger partial charge in [-0.05, 0) is 31.9 Å². The number of carbonyl (C=O) groups excluding carboxylic acids is 3. The van der Waals surface area contributed by atoms with E-state index in [0.29, 0.717) is 11.5 Å². The van der Waals surface area contributed by atoms with Crippen molar-refractivity contribution >= 4 is 17.9 Å². The molecule has 3 amide bonds. The van der Waals surface area contributed by atoms with E-state index in [-0.39, 0.29) is 24.8 Å². The van der Waals surface area contributed by atoms with E-state index in [1.807, 2.05) is 0 Å². The molecule has 160 valence electrons. The molecule has 1 aliphatic rings. The number of amides is 3. The first-order chi connectivity index (χ1) is 14.5. The number of aromatic nitrogens is 3. The number of carbonyl (C=O) groups is 3. The van der Waals surface area contributed by atoms with Gasteiger partial charge in [0, 0.05) is 18.7 Å². The van der Waals surface area contributed by atoms with Gasteiger partial charge in [0.05, 0.1) is 6.42 Å². The van der Waals surface area contributed by atoms with Gasteiger partial charge < -0.3 is 14.6 Å². The number of ether oxygens (including phenoxy) is 1. The highest BCUT2D eigenvalue weighted by molar-refractivity contribution is 5.97. The van der Waals surface area contributed by atoms with Gasteiger partial charge in [0.15, 0.2) is 6.10 Å². The minimum absolute atomic E-state index is 0.0459. The van der Waals surface area contributed by atoms with Crippen LogP contribution in [0.1, 0.15) is 51.3 Å². The van der Waals surface area contributed by atoms with Crippen LogP contribution in [0.5, 0.6) is 0 Å². The van der Waals surface area contributed by atoms with Crippen LogP contribution in [-0.2, 0) is 20.7 Å². The average Bonchev–Trinajstić information content (AvgIpc) is 3.22. The summed E-state index contributed by atoms with van der Waals surface area (Å²) in [5.74, 6) is -0.693. The number of rotatable bonds is 7. The van der Waals surface area contributed by atoms with Crippen LogP contribution in [0.3, 0.4) is 0 Å². The fourth-order valence-electron chi connectivity index (χ4n) is 3.16. The lowest BCUT2D eigenvalue weighted by Gasteiger charge is -2.23. The predicted molar refractivity (Wildman–Crippen MR) is 105 cm³/mol. The van der Waals surface area contributed by atoms with Crippen molar-refractivity contribution in [3.63, 3.8) is 0 Å². The molecule has 0 aliphatic heterocycles. The summed E-state index contributed by atoms with van der Waals surface area (Å²) in [6.45, 7) is 1.41. The first-order valence-electron chi connectivity index (χ1n) is 10.1. The SMILES string of the molecule is CC(OC(=O)CCc1nc(-c2ccccn2)no1)C(=O)NC(=O)NC1CCCCC1. The molecule has 0 radical (unpaired) electrons. The third kappa shape index (κ3) is 6.36. The number of nitrogens with one attached hydrogen (secondary N) is 2. The van der Waals surface area contributed by atoms with Gasteiger partial charge in [0.2, 0.25) is 11.7 Å². The molecule has 2 aromatic rings. The zero-order valence-corrected chi connectivity index (χ0v) is 16.8. The second-order valence-corrected chi connectivity index (χ2v) is 7.16. The van der Waals surface area contributed by atoms with Crippen LogP contribution in [0.2, 0.25) is 0 Å². The average molecular weight is 415 g/mol. The third-order valence-corrected chi connectivity index (χ3v) is 4.76. The van der Waals surface area contributed by atoms with Crippen LogP contribution in [0.4, 0.5) is 4.79 Å². The molecule has 0 bridgehead atoms. The van der Waals surface area contributed by atoms with E-state index in [9.17, 15) is 14.4 Å². The molecule has 1 fully saturated rings. The number of esters is 1. The highest BCUT2D eigenvalue weighted by Gasteiger charge is 2.22. The molecule has 30 heavy (non-hydrogen) atoms. The molecular weight excluding hydrogens is 390 g/mol. The summed E-state index contributed by atoms with van der Waals surface area (Å²) in [5.41, 5.74) is 0.562. The number of nitrogens with zero attached hydrogens (tertiary/aromatic N) is 3. The van der Waals surface area contributed by atoms with E-state index < -0.39 is 24.0 Å². The predicted octanol–water partition coefficient (Wildman–Crippen LogP) is 2.15. The first kappa shape index (κ1) is 21.4. The summed E-state index contributed by atoms with van der Waals surface area (Å²) in [5, 5.41) is 8.81. The van der Waals surface area contributed by atoms with Crippen LogP contribution < -0.4 is 10.6 Å². The molecule has 1 atom stereocenters. The lowest BCUT2D eigenvalue weighted by atomic mass is 9.96. The summed E-state index contributed by atoms with van der Waals surface area (Å²) in [7, 11) is 0. The van der Waals surface area contributed by atoms with Gasteiger partial charge in [-0.1, -0.05) is 30.5 Å². The van der Waals surface area contributed by atoms with Gasteiger partial charge in [0.25, 0.3) is 5.91 Å². The molecule has 1 unspecified atom stereocenters. The Morgan fingerprint density at radius 3 is 2.77 bits per heavy atom. The number of hydrogen-bond donors (Lipinski definition) is 2. The fraction of sp³-hybridized carbons (Fsp3) is 0.500. The van der Waals surface area contributed by atoms with Crippen LogP contribution in [-0.4, -0.2) is 45.2 Å². The lowest BCUT2D eigenvalue weighted by molar-refractivity contribution is -0.154. The van der Waals surface area contributed by atoms with Crippen LogP contribution >= 0.6 is 0 Å². The molecule has 0 saturated heterocycles. The highest BCUT2D eigenvalue weighted by Crippen LogP contribution is 2.17. The summed E-state index contributed by atoms with van der Waals surface area (Å²) in [6, 6.07) is 4.83. The van der Waals surface area contributed by atoms with Gasteiger partial charge in [-0.2, -0.15) is 4.98 Å². The normalized spacial score (nSPS) is 15.2. The Morgan fingerprint density at radius 1 is 1.23 bits per heavy atom. The van der Waals surface area contributed by atoms with E-state index in [1.165, 1.54) is 13.3 Å². The zero-order chi connectivity index (χ0) is 21.3. The number of urea groups is 1. The number of aryl methyl sites for hydroxylation is 1. The molecule has 10 nitrogen and oxygen atoms in total. The van der Waals surface area contributed by atoms with Crippen molar-refractivity contribution in [2.45, 2.75) is 64.0 Å². The summed E-state index contributed by atoms with van der Waals surface area (Å²) >= 11 is 0. The van der Waals surface area contributed by atoms with E-state index in [1.54, 1.807) is 24.4 Å². The molecule has 3 rings (SSSR count). The minimum atomic E-state index is -1.10. The summed E-state index contributed by atoms with van der Waals surface area (Å²) < 4.78 is 10.2. The Labute approximate surface area is 173 Å². The van der Waals surface area contributed by atoms with Crippen molar-refractivity contribution in [2.24, 2.45) is 0 Å². The largest absolute Gasteiger partial charge is 0.453 e. The number of hydrogen-bond acceptors (Lipinski definition) is 8. The van der Waals surface area contributed by atoms with Crippen molar-refractivity contribution < 1.29 is 23.6 Å². The quantitative estimate of drug-likeness (QED) is 0.657. The standard InChI is InChI=1S/C20H25N5O5/c1-13(19(27)24-20(28)22-14-7-3-2-4-8-14)29-17(26)11-10-16-23-18(25-30-16)15-9-5-6-12-21-15/h5-6,9,12-14H,2-4,7-8,10-11H2,1H3,(H2,22,24,27,28). The molecule has 2 N–H and O–H groups in total. The summed E-state index contributed by atoms with van der Waals surface area (Å²) in [6.07, 6.45) is 5.75. The fourth-order valence-corrected chi connectivity index (χ4v) is 3.16. The number of pyridine rings is 1. The van der Waals surface area contributed by atoms with Gasteiger partial charge in [0.1, 0.15) is 5.69 Å². The Balaban J connectivity index is 1.39. The molecular formula is C20H25N5O5. The Kier molecular flexibility index (Phi) is 7.47. The van der Waals surface area contributed by atoms with Gasteiger partial charge in [-0.25, -0.2) is 4.79 Å². The van der Waals surface area contributed by atoms with Crippen molar-refractivity contribution in [3.8, 4) is 11.5 Å². The van der Waals surface area contributed by atoms with Crippen molar-refractivity contribution in [1.29, 1.82) is 0 Å². The Morgan fingerprint density at radius 2 is 2.03 bits per heavy atom. The van der Waals surface area contributed by atoms with E-state index in [0.717, 1.165) is 25.7 Å². The van der Waals surface area contributed by atoms with Crippen molar-refractivity contribution in [3.05, 3.63) is 30.3 Å². The topological polar surface area (TPSA) is 136 Å². The van der Waals surface area contributed by atoms with Crippen LogP contribution in [0.25, 0.3) is 11.5 Å². The maximum atomic E-state index is 12.1. The van der Waals surface area contributed by atoms with Crippen LogP contribution in [0.15, 0.2) is 28.9 Å². The molecule has 2 heterocycles. The monoisotopic (exact) mass is 415 g/mol. The smallest absolute Gasteiger partial charge is 0.321 e. The lowest BCUT2D eigenvalue weighted by Crippen LogP contribution is -2.48. The Hall–Kier alpha value is -3.30. The van der Waals surface area contributed by atoms with Gasteiger partial charge in [-0.15, -0.1) is 0 Å². The molecule has 1 saturated carbocycles. The second kappa shape index (κ2) is 10.5. The first-order valence-corrected chi connectivity index (χ1v) is 10.1. The molecule has 0 spiro atoms. The molecule has 1 aliphatic carbocycles. The maximum Gasteiger partial charge on any atom is 0.321 e. The summed E-state index contributed by atoms with van der Waals surface area (Å²) in [4.78, 5) is 44.3. The van der Waals surface area contributed by atoms with Crippen molar-refractivity contribution in [2.75, 3.05) is 0 Å². The molecule has 0 aromatic carbocycles. The highest BCUT2D eigenvalue weighted by atomic mass is 16.5. The van der Waals surface area contributed by atoms with Gasteiger partial charge >= 0.3 is 12.0 Å². The van der Waals surface area contributed by atoms with Crippen LogP contribution in [0, 0.1) is 0 Å². The Bertz CT molecular complexity index is 863. The van der Waals surface area contributed by atoms with E-state index in [2.05, 4.69) is 25.8 Å². The van der Waals surface area contributed by atoms with E-state index >= 15 is 0 Å². The third-order valence-electron chi connectivity index (χ3n) is 4.76. The maximum absolute atomic E-state index is 12.1. The molecule has 2 aromatic heterocycles. The van der Waals surface area contributed by atoms with E-state index in [4.69, 9.17) is 9.26 Å². The van der Waals surface area contributed by atoms with Gasteiger partial charge in [-0.3, -0.25) is 19.9 Å². The number of imide groups is 1.